The maximum Gasteiger partial charge on any atom is 0.330 e. The number of aliphatic hydroxyl groups excluding tert-OH is 3. The third-order valence-corrected chi connectivity index (χ3v) is 12.4. The summed E-state index contributed by atoms with van der Waals surface area (Å²) in [5, 5.41) is 67.3. The maximum absolute atomic E-state index is 13.2. The van der Waals surface area contributed by atoms with E-state index in [0.717, 1.165) is 11.1 Å². The van der Waals surface area contributed by atoms with Gasteiger partial charge in [-0.25, -0.2) is 4.79 Å². The number of aliphatic hydroxyl groups is 6. The van der Waals surface area contributed by atoms with E-state index in [2.05, 4.69) is 0 Å². The lowest BCUT2D eigenvalue weighted by atomic mass is 9.42. The van der Waals surface area contributed by atoms with Gasteiger partial charge in [0.25, 0.3) is 0 Å². The monoisotopic (exact) mass is 622 g/mol. The van der Waals surface area contributed by atoms with Crippen molar-refractivity contribution in [3.8, 4) is 0 Å². The molecule has 248 valence electrons. The third-order valence-electron chi connectivity index (χ3n) is 12.4. The second-order valence-electron chi connectivity index (χ2n) is 14.8. The first-order valence-corrected chi connectivity index (χ1v) is 15.9. The molecule has 0 bridgehead atoms. The average molecular weight is 623 g/mol. The number of esters is 1. The van der Waals surface area contributed by atoms with E-state index >= 15 is 0 Å². The standard InChI is InChI=1S/C33H50O11/c1-17(2)18(3)13-25(36)44-24-15-23-29(5)9-8-21(43-28-27(38)26(37)22(35)16-42-28)14-20(29)7-10-32(23,40)33(41)12-11-31(39,19(4)34)30(24,33)6/h7,13,17,21-24,26-28,35,37-41H,8-12,14-16H2,1-6H3/b18-13+/t21-,22-,23+,24+,26-,27-,28+,29-,30+,31+,32-,33+/m0/s1. The minimum Gasteiger partial charge on any atom is -0.458 e. The SMILES string of the molecule is CC(=O)[C@]1(O)CC[C@@]2(O)[C@]1(C)[C@H](OC(=O)/C=C(\C)C(C)C)C[C@@H]1[C@@]3(C)CC[C@H](O[C@H]4OC[C@H](O)[C@H](O)[C@@H]4O)CC3=CC[C@]12O. The number of carbonyl (C=O) groups excluding carboxylic acids is 2. The van der Waals surface area contributed by atoms with Crippen molar-refractivity contribution in [2.24, 2.45) is 22.7 Å². The molecular formula is C33H50O11. The van der Waals surface area contributed by atoms with E-state index in [4.69, 9.17) is 14.2 Å². The molecule has 6 N–H and O–H groups in total. The van der Waals surface area contributed by atoms with Crippen molar-refractivity contribution in [3.05, 3.63) is 23.3 Å². The molecule has 11 nitrogen and oxygen atoms in total. The van der Waals surface area contributed by atoms with Crippen molar-refractivity contribution in [3.63, 3.8) is 0 Å². The van der Waals surface area contributed by atoms with Crippen molar-refractivity contribution >= 4 is 11.8 Å². The largest absolute Gasteiger partial charge is 0.458 e. The van der Waals surface area contributed by atoms with E-state index in [1.807, 2.05) is 33.8 Å². The van der Waals surface area contributed by atoms with Gasteiger partial charge in [0.1, 0.15) is 41.2 Å². The number of ketones is 1. The van der Waals surface area contributed by atoms with E-state index in [1.165, 1.54) is 13.0 Å². The van der Waals surface area contributed by atoms with Gasteiger partial charge in [-0.3, -0.25) is 4.79 Å². The van der Waals surface area contributed by atoms with Crippen LogP contribution in [0.25, 0.3) is 0 Å². The summed E-state index contributed by atoms with van der Waals surface area (Å²) in [6.45, 7) is 10.4. The van der Waals surface area contributed by atoms with Crippen LogP contribution in [0.3, 0.4) is 0 Å². The molecular weight excluding hydrogens is 572 g/mol. The lowest BCUT2D eigenvalue weighted by Crippen LogP contribution is -2.78. The van der Waals surface area contributed by atoms with Gasteiger partial charge < -0.3 is 44.8 Å². The van der Waals surface area contributed by atoms with Gasteiger partial charge in [-0.05, 0) is 77.0 Å². The van der Waals surface area contributed by atoms with Gasteiger partial charge >= 0.3 is 5.97 Å². The van der Waals surface area contributed by atoms with Crippen LogP contribution >= 0.6 is 0 Å². The quantitative estimate of drug-likeness (QED) is 0.143. The van der Waals surface area contributed by atoms with E-state index in [0.29, 0.717) is 19.3 Å². The van der Waals surface area contributed by atoms with Gasteiger partial charge in [-0.2, -0.15) is 0 Å². The van der Waals surface area contributed by atoms with Gasteiger partial charge in [-0.15, -0.1) is 0 Å². The van der Waals surface area contributed by atoms with Crippen molar-refractivity contribution in [2.75, 3.05) is 6.61 Å². The van der Waals surface area contributed by atoms with Crippen LogP contribution in [-0.2, 0) is 23.8 Å². The van der Waals surface area contributed by atoms with Crippen LogP contribution < -0.4 is 0 Å². The highest BCUT2D eigenvalue weighted by Gasteiger charge is 2.81. The van der Waals surface area contributed by atoms with Crippen LogP contribution in [0.5, 0.6) is 0 Å². The Morgan fingerprint density at radius 1 is 1.05 bits per heavy atom. The summed E-state index contributed by atoms with van der Waals surface area (Å²) in [5.41, 5.74) is -6.20. The Bertz CT molecular complexity index is 1230. The van der Waals surface area contributed by atoms with Gasteiger partial charge in [0.05, 0.1) is 18.1 Å². The Hall–Kier alpha value is -1.70. The minimum absolute atomic E-state index is 0.0441. The van der Waals surface area contributed by atoms with Crippen molar-refractivity contribution in [1.82, 2.24) is 0 Å². The Morgan fingerprint density at radius 3 is 2.36 bits per heavy atom. The Balaban J connectivity index is 1.48. The second kappa shape index (κ2) is 11.2. The molecule has 0 aromatic carbocycles. The number of allylic oxidation sites excluding steroid dienone is 1. The Labute approximate surface area is 258 Å². The summed E-state index contributed by atoms with van der Waals surface area (Å²) < 4.78 is 17.6. The summed E-state index contributed by atoms with van der Waals surface area (Å²) in [4.78, 5) is 26.3. The molecule has 0 aromatic heterocycles. The maximum atomic E-state index is 13.2. The second-order valence-corrected chi connectivity index (χ2v) is 14.8. The average Bonchev–Trinajstić information content (AvgIpc) is 3.19. The van der Waals surface area contributed by atoms with E-state index in [1.54, 1.807) is 6.92 Å². The van der Waals surface area contributed by atoms with Crippen LogP contribution in [0.2, 0.25) is 0 Å². The highest BCUT2D eigenvalue weighted by atomic mass is 16.7. The number of hydrogen-bond acceptors (Lipinski definition) is 11. The van der Waals surface area contributed by atoms with E-state index < -0.39 is 76.0 Å². The van der Waals surface area contributed by atoms with Crippen LogP contribution in [0.4, 0.5) is 0 Å². The highest BCUT2D eigenvalue weighted by Crippen LogP contribution is 2.71. The number of ether oxygens (including phenoxy) is 3. The normalized spacial score (nSPS) is 49.1. The van der Waals surface area contributed by atoms with E-state index in [9.17, 15) is 40.2 Å². The fraction of sp³-hybridized carbons (Fsp3) is 0.818. The molecule has 3 saturated carbocycles. The molecule has 0 spiro atoms. The fourth-order valence-corrected chi connectivity index (χ4v) is 9.09. The lowest BCUT2D eigenvalue weighted by Gasteiger charge is -2.67. The van der Waals surface area contributed by atoms with Crippen LogP contribution in [0.15, 0.2) is 23.3 Å². The van der Waals surface area contributed by atoms with Crippen molar-refractivity contribution in [1.29, 1.82) is 0 Å². The molecule has 1 saturated heterocycles. The van der Waals surface area contributed by atoms with Gasteiger partial charge in [-0.1, -0.05) is 38.0 Å². The zero-order chi connectivity index (χ0) is 32.6. The number of carbonyl (C=O) groups is 2. The Kier molecular flexibility index (Phi) is 8.59. The fourth-order valence-electron chi connectivity index (χ4n) is 9.09. The summed E-state index contributed by atoms with van der Waals surface area (Å²) in [6.07, 6.45) is -1.66. The molecule has 5 aliphatic rings. The van der Waals surface area contributed by atoms with Gasteiger partial charge in [0.15, 0.2) is 12.1 Å². The molecule has 0 radical (unpaired) electrons. The topological polar surface area (TPSA) is 183 Å². The molecule has 4 aliphatic carbocycles. The molecule has 0 aromatic rings. The molecule has 0 unspecified atom stereocenters. The molecule has 1 aliphatic heterocycles. The van der Waals surface area contributed by atoms with Crippen LogP contribution in [0.1, 0.15) is 86.5 Å². The molecule has 44 heavy (non-hydrogen) atoms. The zero-order valence-electron chi connectivity index (χ0n) is 26.7. The number of Topliss-reactive ketones (excluding diaryl/α,β-unsaturated/α-hetero) is 1. The number of rotatable bonds is 6. The van der Waals surface area contributed by atoms with Crippen LogP contribution in [-0.4, -0.2) is 103 Å². The Morgan fingerprint density at radius 2 is 1.73 bits per heavy atom. The lowest BCUT2D eigenvalue weighted by molar-refractivity contribution is -0.315. The number of hydrogen-bond donors (Lipinski definition) is 6. The predicted octanol–water partition coefficient (Wildman–Crippen LogP) is 1.45. The summed E-state index contributed by atoms with van der Waals surface area (Å²) >= 11 is 0. The molecule has 0 amide bonds. The zero-order valence-corrected chi connectivity index (χ0v) is 26.7. The van der Waals surface area contributed by atoms with Crippen molar-refractivity contribution in [2.45, 2.75) is 140 Å². The minimum atomic E-state index is -2.01. The first kappa shape index (κ1) is 33.7. The summed E-state index contributed by atoms with van der Waals surface area (Å²) in [6, 6.07) is 0. The first-order chi connectivity index (χ1) is 20.4. The predicted molar refractivity (Wildman–Crippen MR) is 157 cm³/mol. The number of fused-ring (bicyclic) bond motifs is 5. The summed E-state index contributed by atoms with van der Waals surface area (Å²) in [5.74, 6) is -1.65. The first-order valence-electron chi connectivity index (χ1n) is 15.9. The van der Waals surface area contributed by atoms with Crippen molar-refractivity contribution < 1.29 is 54.4 Å². The smallest absolute Gasteiger partial charge is 0.330 e. The van der Waals surface area contributed by atoms with Gasteiger partial charge in [0.2, 0.25) is 0 Å². The molecule has 11 heteroatoms. The molecule has 5 rings (SSSR count). The highest BCUT2D eigenvalue weighted by molar-refractivity contribution is 5.87. The summed E-state index contributed by atoms with van der Waals surface area (Å²) in [7, 11) is 0. The molecule has 1 heterocycles. The molecule has 12 atom stereocenters. The third kappa shape index (κ3) is 4.68. The van der Waals surface area contributed by atoms with Gasteiger partial charge in [0, 0.05) is 12.0 Å². The van der Waals surface area contributed by atoms with Crippen LogP contribution in [0, 0.1) is 22.7 Å². The molecule has 4 fully saturated rings. The van der Waals surface area contributed by atoms with E-state index in [-0.39, 0.29) is 44.3 Å².